The van der Waals surface area contributed by atoms with E-state index in [2.05, 4.69) is 46.9 Å². The highest BCUT2D eigenvalue weighted by Crippen LogP contribution is 2.36. The summed E-state index contributed by atoms with van der Waals surface area (Å²) in [5.74, 6) is 4.97. The van der Waals surface area contributed by atoms with E-state index in [4.69, 9.17) is 35.8 Å². The lowest BCUT2D eigenvalue weighted by Crippen LogP contribution is -2.33. The highest BCUT2D eigenvalue weighted by atomic mass is 35.5. The lowest BCUT2D eigenvalue weighted by atomic mass is 9.80. The second-order valence-corrected chi connectivity index (χ2v) is 23.1. The molecular weight excluding hydrogens is 1090 g/mol. The average molecular weight is 1190 g/mol. The average Bonchev–Trinajstić information content (AvgIpc) is 3.43. The SMILES string of the molecule is CCNCC1CCC(CC(=O)OCC)CC1.CCOC(=O)CC1CCC(CN(CC)c2nc3ccccc3cc2C=O)CC1.CCOC(=O)CC1CCC(CN(CC)c2nc3ccccc3cc2CO)CC1.O=Cc1cc2ccccc2nc1Cl. The minimum Gasteiger partial charge on any atom is -0.466 e. The number of carbonyl (C=O) groups excluding carboxylic acids is 5. The van der Waals surface area contributed by atoms with Crippen LogP contribution in [-0.4, -0.2) is 110 Å². The van der Waals surface area contributed by atoms with Crippen molar-refractivity contribution in [3.05, 3.63) is 113 Å². The number of benzene rings is 3. The van der Waals surface area contributed by atoms with Crippen molar-refractivity contribution in [1.82, 2.24) is 20.3 Å². The first-order chi connectivity index (χ1) is 41.3. The van der Waals surface area contributed by atoms with Crippen LogP contribution >= 0.6 is 11.6 Å². The van der Waals surface area contributed by atoms with Crippen molar-refractivity contribution in [2.24, 2.45) is 35.5 Å². The van der Waals surface area contributed by atoms with Crippen LogP contribution in [0.15, 0.2) is 91.0 Å². The van der Waals surface area contributed by atoms with Crippen molar-refractivity contribution in [3.63, 3.8) is 0 Å². The Balaban J connectivity index is 0.000000190. The van der Waals surface area contributed by atoms with Gasteiger partial charge in [-0.1, -0.05) is 73.1 Å². The van der Waals surface area contributed by atoms with Gasteiger partial charge >= 0.3 is 17.9 Å². The van der Waals surface area contributed by atoms with E-state index in [0.717, 1.165) is 153 Å². The van der Waals surface area contributed by atoms with Gasteiger partial charge in [-0.2, -0.15) is 0 Å². The van der Waals surface area contributed by atoms with Crippen molar-refractivity contribution >= 4 is 86.4 Å². The Kier molecular flexibility index (Phi) is 29.0. The topological polar surface area (TPSA) is 190 Å². The van der Waals surface area contributed by atoms with Crippen LogP contribution in [0.25, 0.3) is 32.7 Å². The molecule has 16 heteroatoms. The van der Waals surface area contributed by atoms with Crippen molar-refractivity contribution in [2.45, 2.75) is 144 Å². The van der Waals surface area contributed by atoms with E-state index in [0.29, 0.717) is 86.1 Å². The molecule has 3 aromatic carbocycles. The van der Waals surface area contributed by atoms with E-state index in [1.165, 1.54) is 25.7 Å². The molecule has 0 amide bonds. The number of hydrogen-bond acceptors (Lipinski definition) is 15. The predicted molar refractivity (Wildman–Crippen MR) is 341 cm³/mol. The molecule has 460 valence electrons. The van der Waals surface area contributed by atoms with Gasteiger partial charge in [0.1, 0.15) is 16.8 Å². The molecular formula is C69H93ClN6O9. The van der Waals surface area contributed by atoms with Gasteiger partial charge in [-0.3, -0.25) is 24.0 Å². The third-order valence-corrected chi connectivity index (χ3v) is 17.1. The number of hydrogen-bond donors (Lipinski definition) is 2. The summed E-state index contributed by atoms with van der Waals surface area (Å²) in [6, 6.07) is 29.2. The van der Waals surface area contributed by atoms with Crippen LogP contribution in [0.5, 0.6) is 0 Å². The quantitative estimate of drug-likeness (QED) is 0.0266. The molecule has 3 saturated carbocycles. The van der Waals surface area contributed by atoms with E-state index in [1.807, 2.05) is 99.6 Å². The van der Waals surface area contributed by atoms with E-state index >= 15 is 0 Å². The van der Waals surface area contributed by atoms with E-state index in [9.17, 15) is 29.1 Å². The Morgan fingerprint density at radius 1 is 0.518 bits per heavy atom. The maximum Gasteiger partial charge on any atom is 0.306 e. The molecule has 0 radical (unpaired) electrons. The molecule has 0 unspecified atom stereocenters. The van der Waals surface area contributed by atoms with Crippen LogP contribution in [0.4, 0.5) is 11.6 Å². The van der Waals surface area contributed by atoms with Crippen LogP contribution in [-0.2, 0) is 35.2 Å². The lowest BCUT2D eigenvalue weighted by molar-refractivity contribution is -0.145. The largest absolute Gasteiger partial charge is 0.466 e. The standard InChI is InChI=1S/C23H32N2O3.C23H30N2O3.C13H25NO2.C10H6ClNO/c2*1-3-25(15-18-11-9-17(10-12-18)13-22(27)28-4-2)23-20(16-26)14-19-7-5-6-8-21(19)24-23;1-3-14-10-12-7-5-11(6-8-12)9-13(15)16-4-2;11-10-8(6-13)5-7-3-1-2-4-9(7)12-10/h5-8,14,17-18,26H,3-4,9-13,15-16H2,1-2H3;5-8,14,16-18H,3-4,9-13,15H2,1-2H3;11-12,14H,3-10H2,1-2H3;1-6H. The molecule has 6 aromatic rings. The molecule has 0 saturated heterocycles. The van der Waals surface area contributed by atoms with Gasteiger partial charge in [0.25, 0.3) is 0 Å². The Morgan fingerprint density at radius 2 is 0.882 bits per heavy atom. The Bertz CT molecular complexity index is 3030. The number of nitrogens with one attached hydrogen (secondary N) is 1. The summed E-state index contributed by atoms with van der Waals surface area (Å²) in [6.45, 7) is 19.1. The lowest BCUT2D eigenvalue weighted by Gasteiger charge is -2.33. The van der Waals surface area contributed by atoms with Crippen LogP contribution < -0.4 is 15.1 Å². The summed E-state index contributed by atoms with van der Waals surface area (Å²) < 4.78 is 15.2. The molecule has 0 spiro atoms. The molecule has 3 aromatic heterocycles. The Morgan fingerprint density at radius 3 is 1.28 bits per heavy atom. The molecule has 2 N–H and O–H groups in total. The number of aromatic nitrogens is 3. The Labute approximate surface area is 509 Å². The number of anilines is 2. The summed E-state index contributed by atoms with van der Waals surface area (Å²) >= 11 is 5.76. The third kappa shape index (κ3) is 21.4. The van der Waals surface area contributed by atoms with Gasteiger partial charge in [-0.25, -0.2) is 15.0 Å². The molecule has 3 heterocycles. The van der Waals surface area contributed by atoms with Crippen molar-refractivity contribution < 1.29 is 43.3 Å². The van der Waals surface area contributed by atoms with Crippen molar-refractivity contribution in [1.29, 1.82) is 0 Å². The monoisotopic (exact) mass is 1180 g/mol. The smallest absolute Gasteiger partial charge is 0.306 e. The first-order valence-corrected chi connectivity index (χ1v) is 31.8. The number of ether oxygens (including phenoxy) is 3. The summed E-state index contributed by atoms with van der Waals surface area (Å²) in [5.41, 5.74) is 4.65. The number of carbonyl (C=O) groups is 5. The molecule has 3 fully saturated rings. The number of aliphatic hydroxyl groups excluding tert-OH is 1. The summed E-state index contributed by atoms with van der Waals surface area (Å²) in [4.78, 5) is 75.2. The Hall–Kier alpha value is -6.55. The zero-order valence-corrected chi connectivity index (χ0v) is 52.0. The van der Waals surface area contributed by atoms with Crippen molar-refractivity contribution in [2.75, 3.05) is 68.9 Å². The number of aliphatic hydroxyl groups is 1. The molecule has 0 aliphatic heterocycles. The number of aldehydes is 2. The second kappa shape index (κ2) is 36.4. The number of pyridine rings is 3. The molecule has 3 aliphatic carbocycles. The van der Waals surface area contributed by atoms with Gasteiger partial charge in [0.2, 0.25) is 0 Å². The minimum absolute atomic E-state index is 0.00402. The van der Waals surface area contributed by atoms with Gasteiger partial charge in [-0.15, -0.1) is 0 Å². The van der Waals surface area contributed by atoms with Gasteiger partial charge < -0.3 is 34.4 Å². The fourth-order valence-corrected chi connectivity index (χ4v) is 12.3. The molecule has 9 rings (SSSR count). The minimum atomic E-state index is -0.0721. The van der Waals surface area contributed by atoms with E-state index in [-0.39, 0.29) is 29.7 Å². The van der Waals surface area contributed by atoms with Gasteiger partial charge in [0.05, 0.1) is 54.1 Å². The number of esters is 3. The maximum absolute atomic E-state index is 11.7. The van der Waals surface area contributed by atoms with Crippen LogP contribution in [0, 0.1) is 35.5 Å². The zero-order chi connectivity index (χ0) is 60.9. The highest BCUT2D eigenvalue weighted by molar-refractivity contribution is 6.32. The fourth-order valence-electron chi connectivity index (χ4n) is 12.1. The van der Waals surface area contributed by atoms with E-state index < -0.39 is 0 Å². The van der Waals surface area contributed by atoms with Gasteiger partial charge in [0, 0.05) is 67.2 Å². The molecule has 15 nitrogen and oxygen atoms in total. The molecule has 3 aliphatic rings. The van der Waals surface area contributed by atoms with Gasteiger partial charge in [-0.05, 0) is 197 Å². The predicted octanol–water partition coefficient (Wildman–Crippen LogP) is 14.0. The third-order valence-electron chi connectivity index (χ3n) is 16.8. The number of rotatable bonds is 23. The number of para-hydroxylation sites is 3. The number of halogens is 1. The van der Waals surface area contributed by atoms with Crippen LogP contribution in [0.3, 0.4) is 0 Å². The molecule has 0 atom stereocenters. The normalized spacial score (nSPS) is 19.2. The first-order valence-electron chi connectivity index (χ1n) is 31.4. The van der Waals surface area contributed by atoms with Crippen LogP contribution in [0.2, 0.25) is 5.15 Å². The number of fused-ring (bicyclic) bond motifs is 3. The van der Waals surface area contributed by atoms with Crippen LogP contribution in [0.1, 0.15) is 164 Å². The molecule has 85 heavy (non-hydrogen) atoms. The fraction of sp³-hybridized carbons (Fsp3) is 0.536. The van der Waals surface area contributed by atoms with Gasteiger partial charge in [0.15, 0.2) is 12.6 Å². The summed E-state index contributed by atoms with van der Waals surface area (Å²) in [6.07, 6.45) is 17.0. The number of nitrogens with zero attached hydrogens (tertiary/aromatic N) is 5. The maximum atomic E-state index is 11.7. The highest BCUT2D eigenvalue weighted by Gasteiger charge is 2.28. The summed E-state index contributed by atoms with van der Waals surface area (Å²) in [7, 11) is 0. The zero-order valence-electron chi connectivity index (χ0n) is 51.3. The first kappa shape index (κ1) is 67.6. The van der Waals surface area contributed by atoms with Crippen molar-refractivity contribution in [3.8, 4) is 0 Å². The molecule has 0 bridgehead atoms. The van der Waals surface area contributed by atoms with E-state index in [1.54, 1.807) is 6.07 Å². The summed E-state index contributed by atoms with van der Waals surface area (Å²) in [5, 5.41) is 16.5. The second-order valence-electron chi connectivity index (χ2n) is 22.8.